The smallest absolute Gasteiger partial charge is 0.0130 e. The van der Waals surface area contributed by atoms with Crippen molar-refractivity contribution in [3.63, 3.8) is 0 Å². The van der Waals surface area contributed by atoms with Crippen molar-refractivity contribution in [3.8, 4) is 0 Å². The van der Waals surface area contributed by atoms with Crippen LogP contribution >= 0.6 is 8.73 Å². The Morgan fingerprint density at radius 2 is 1.88 bits per heavy atom. The van der Waals surface area contributed by atoms with Crippen LogP contribution < -0.4 is 5.09 Å². The SMILES string of the molecule is CCPNC(C)(C)C. The summed E-state index contributed by atoms with van der Waals surface area (Å²) in [4.78, 5) is 0. The van der Waals surface area contributed by atoms with E-state index in [1.54, 1.807) is 0 Å². The second-order valence-electron chi connectivity index (χ2n) is 2.91. The average molecular weight is 133 g/mol. The minimum Gasteiger partial charge on any atom is -0.293 e. The van der Waals surface area contributed by atoms with Crippen molar-refractivity contribution in [2.45, 2.75) is 33.2 Å². The fraction of sp³-hybridized carbons (Fsp3) is 1.00. The van der Waals surface area contributed by atoms with Crippen LogP contribution in [0.3, 0.4) is 0 Å². The number of nitrogens with one attached hydrogen (secondary N) is 1. The second kappa shape index (κ2) is 3.42. The average Bonchev–Trinajstić information content (AvgIpc) is 1.59. The zero-order valence-corrected chi connectivity index (χ0v) is 7.21. The van der Waals surface area contributed by atoms with Crippen LogP contribution in [0.2, 0.25) is 0 Å². The molecule has 0 aliphatic rings. The van der Waals surface area contributed by atoms with E-state index < -0.39 is 0 Å². The quantitative estimate of drug-likeness (QED) is 0.568. The normalized spacial score (nSPS) is 13.5. The van der Waals surface area contributed by atoms with Gasteiger partial charge in [-0.2, -0.15) is 0 Å². The fourth-order valence-corrected chi connectivity index (χ4v) is 1.06. The van der Waals surface area contributed by atoms with E-state index in [9.17, 15) is 0 Å². The molecule has 0 saturated carbocycles. The summed E-state index contributed by atoms with van der Waals surface area (Å²) in [6, 6.07) is 0. The van der Waals surface area contributed by atoms with Crippen LogP contribution in [0.1, 0.15) is 27.7 Å². The van der Waals surface area contributed by atoms with E-state index in [1.165, 1.54) is 6.16 Å². The van der Waals surface area contributed by atoms with E-state index >= 15 is 0 Å². The predicted octanol–water partition coefficient (Wildman–Crippen LogP) is 1.99. The monoisotopic (exact) mass is 133 g/mol. The van der Waals surface area contributed by atoms with Gasteiger partial charge in [0.15, 0.2) is 0 Å². The number of rotatable bonds is 2. The number of hydrogen-bond donors (Lipinski definition) is 1. The van der Waals surface area contributed by atoms with Crippen molar-refractivity contribution < 1.29 is 0 Å². The molecule has 0 rings (SSSR count). The van der Waals surface area contributed by atoms with Gasteiger partial charge < -0.3 is 0 Å². The standard InChI is InChI=1S/C6H16NP/c1-5-8-7-6(2,3)4/h7-8H,5H2,1-4H3. The summed E-state index contributed by atoms with van der Waals surface area (Å²) in [6.07, 6.45) is 1.25. The van der Waals surface area contributed by atoms with Gasteiger partial charge in [0.25, 0.3) is 0 Å². The van der Waals surface area contributed by atoms with E-state index in [2.05, 4.69) is 32.8 Å². The molecule has 2 heteroatoms. The molecule has 0 bridgehead atoms. The van der Waals surface area contributed by atoms with Gasteiger partial charge in [0.2, 0.25) is 0 Å². The van der Waals surface area contributed by atoms with E-state index in [0.29, 0.717) is 5.54 Å². The summed E-state index contributed by atoms with van der Waals surface area (Å²) in [6.45, 7) is 8.76. The minimum atomic E-state index is 0.314. The summed E-state index contributed by atoms with van der Waals surface area (Å²) in [5.41, 5.74) is 0.314. The van der Waals surface area contributed by atoms with Gasteiger partial charge in [-0.3, -0.25) is 5.09 Å². The zero-order valence-electron chi connectivity index (χ0n) is 6.21. The summed E-state index contributed by atoms with van der Waals surface area (Å²) in [5.74, 6) is 0. The maximum atomic E-state index is 3.40. The highest BCUT2D eigenvalue weighted by Crippen LogP contribution is 2.10. The molecule has 0 spiro atoms. The van der Waals surface area contributed by atoms with Crippen molar-refractivity contribution >= 4 is 8.73 Å². The third kappa shape index (κ3) is 6.39. The summed E-state index contributed by atoms with van der Waals surface area (Å²) >= 11 is 0. The Labute approximate surface area is 54.1 Å². The minimum absolute atomic E-state index is 0.314. The highest BCUT2D eigenvalue weighted by Gasteiger charge is 2.05. The first-order chi connectivity index (χ1) is 3.56. The second-order valence-corrected chi connectivity index (χ2v) is 4.22. The zero-order chi connectivity index (χ0) is 6.62. The Morgan fingerprint density at radius 3 is 2.00 bits per heavy atom. The Balaban J connectivity index is 3.11. The molecule has 0 aromatic heterocycles. The molecule has 1 unspecified atom stereocenters. The van der Waals surface area contributed by atoms with Gasteiger partial charge in [-0.15, -0.1) is 0 Å². The van der Waals surface area contributed by atoms with Crippen molar-refractivity contribution in [2.24, 2.45) is 0 Å². The largest absolute Gasteiger partial charge is 0.293 e. The van der Waals surface area contributed by atoms with E-state index in [4.69, 9.17) is 0 Å². The molecule has 0 aliphatic heterocycles. The summed E-state index contributed by atoms with van der Waals surface area (Å²) < 4.78 is 0. The van der Waals surface area contributed by atoms with Crippen LogP contribution in [0, 0.1) is 0 Å². The first-order valence-corrected chi connectivity index (χ1v) is 4.27. The molecule has 0 fully saturated rings. The Bertz CT molecular complexity index is 56.0. The highest BCUT2D eigenvalue weighted by atomic mass is 31.1. The van der Waals surface area contributed by atoms with Crippen LogP contribution in [0.15, 0.2) is 0 Å². The first kappa shape index (κ1) is 8.39. The summed E-state index contributed by atoms with van der Waals surface area (Å²) in [5, 5.41) is 3.40. The van der Waals surface area contributed by atoms with Gasteiger partial charge in [-0.25, -0.2) is 0 Å². The molecule has 50 valence electrons. The molecular formula is C6H16NP. The van der Waals surface area contributed by atoms with Gasteiger partial charge >= 0.3 is 0 Å². The molecule has 0 aliphatic carbocycles. The van der Waals surface area contributed by atoms with Crippen LogP contribution in [-0.2, 0) is 0 Å². The molecular weight excluding hydrogens is 117 g/mol. The molecule has 0 saturated heterocycles. The summed E-state index contributed by atoms with van der Waals surface area (Å²) in [7, 11) is 0.916. The van der Waals surface area contributed by atoms with Gasteiger partial charge in [0, 0.05) is 5.54 Å². The third-order valence-corrected chi connectivity index (χ3v) is 1.92. The lowest BCUT2D eigenvalue weighted by molar-refractivity contribution is 0.532. The van der Waals surface area contributed by atoms with Crippen molar-refractivity contribution in [3.05, 3.63) is 0 Å². The van der Waals surface area contributed by atoms with Crippen LogP contribution in [0.4, 0.5) is 0 Å². The molecule has 0 aromatic carbocycles. The Hall–Kier alpha value is 0.390. The third-order valence-electron chi connectivity index (χ3n) is 0.640. The van der Waals surface area contributed by atoms with Gasteiger partial charge in [0.1, 0.15) is 0 Å². The van der Waals surface area contributed by atoms with Crippen LogP contribution in [-0.4, -0.2) is 11.7 Å². The molecule has 1 N–H and O–H groups in total. The van der Waals surface area contributed by atoms with Gasteiger partial charge in [0.05, 0.1) is 0 Å². The molecule has 0 aromatic rings. The molecule has 1 nitrogen and oxygen atoms in total. The Morgan fingerprint density at radius 1 is 1.38 bits per heavy atom. The first-order valence-electron chi connectivity index (χ1n) is 3.06. The maximum absolute atomic E-state index is 3.40. The molecule has 0 amide bonds. The maximum Gasteiger partial charge on any atom is 0.0130 e. The van der Waals surface area contributed by atoms with E-state index in [1.807, 2.05) is 0 Å². The van der Waals surface area contributed by atoms with Gasteiger partial charge in [-0.1, -0.05) is 15.7 Å². The predicted molar refractivity (Wildman–Crippen MR) is 41.7 cm³/mol. The molecule has 8 heavy (non-hydrogen) atoms. The van der Waals surface area contributed by atoms with Crippen LogP contribution in [0.25, 0.3) is 0 Å². The highest BCUT2D eigenvalue weighted by molar-refractivity contribution is 7.35. The molecule has 0 radical (unpaired) electrons. The Kier molecular flexibility index (Phi) is 3.59. The lowest BCUT2D eigenvalue weighted by Gasteiger charge is -2.19. The van der Waals surface area contributed by atoms with Crippen molar-refractivity contribution in [1.82, 2.24) is 5.09 Å². The fourth-order valence-electron chi connectivity index (χ4n) is 0.354. The lowest BCUT2D eigenvalue weighted by Crippen LogP contribution is -2.28. The van der Waals surface area contributed by atoms with Crippen molar-refractivity contribution in [1.29, 1.82) is 0 Å². The lowest BCUT2D eigenvalue weighted by atomic mass is 10.1. The molecule has 0 heterocycles. The van der Waals surface area contributed by atoms with E-state index in [0.717, 1.165) is 8.73 Å². The van der Waals surface area contributed by atoms with Crippen molar-refractivity contribution in [2.75, 3.05) is 6.16 Å². The number of hydrogen-bond acceptors (Lipinski definition) is 1. The topological polar surface area (TPSA) is 12.0 Å². The van der Waals surface area contributed by atoms with Crippen LogP contribution in [0.5, 0.6) is 0 Å². The molecule has 1 atom stereocenters. The van der Waals surface area contributed by atoms with Gasteiger partial charge in [-0.05, 0) is 26.9 Å². The van der Waals surface area contributed by atoms with E-state index in [-0.39, 0.29) is 0 Å².